The first-order valence-corrected chi connectivity index (χ1v) is 8.29. The molecule has 1 aromatic rings. The van der Waals surface area contributed by atoms with Crippen LogP contribution in [-0.2, 0) is 11.3 Å². The van der Waals surface area contributed by atoms with E-state index in [-0.39, 0.29) is 12.1 Å². The molecule has 0 radical (unpaired) electrons. The number of nitrogens with one attached hydrogen (secondary N) is 2. The van der Waals surface area contributed by atoms with E-state index in [1.54, 1.807) is 11.3 Å². The third-order valence-corrected chi connectivity index (χ3v) is 4.34. The molecular weight excluding hydrogens is 286 g/mol. The van der Waals surface area contributed by atoms with Gasteiger partial charge in [0.2, 0.25) is 0 Å². The molecule has 0 spiro atoms. The van der Waals surface area contributed by atoms with Crippen molar-refractivity contribution in [1.29, 1.82) is 0 Å². The number of aryl methyl sites for hydroxylation is 1. The maximum atomic E-state index is 11.9. The average molecular weight is 311 g/mol. The molecule has 1 fully saturated rings. The quantitative estimate of drug-likeness (QED) is 0.897. The van der Waals surface area contributed by atoms with Crippen LogP contribution in [0.4, 0.5) is 4.79 Å². The lowest BCUT2D eigenvalue weighted by atomic mass is 10.1. The molecule has 1 aliphatic rings. The molecule has 2 unspecified atom stereocenters. The summed E-state index contributed by atoms with van der Waals surface area (Å²) in [5.41, 5.74) is -0.453. The lowest BCUT2D eigenvalue weighted by molar-refractivity contribution is 0.0498. The summed E-state index contributed by atoms with van der Waals surface area (Å²) in [7, 11) is 0. The van der Waals surface area contributed by atoms with Crippen LogP contribution in [0.3, 0.4) is 0 Å². The van der Waals surface area contributed by atoms with Crippen LogP contribution in [0.5, 0.6) is 0 Å². The number of rotatable bonds is 4. The number of hydrogen-bond acceptors (Lipinski definition) is 5. The van der Waals surface area contributed by atoms with E-state index < -0.39 is 5.60 Å². The van der Waals surface area contributed by atoms with Gasteiger partial charge in [-0.15, -0.1) is 11.3 Å². The van der Waals surface area contributed by atoms with Crippen molar-refractivity contribution >= 4 is 17.4 Å². The number of carbonyl (C=O) groups is 1. The Morgan fingerprint density at radius 1 is 1.43 bits per heavy atom. The summed E-state index contributed by atoms with van der Waals surface area (Å²) in [5, 5.41) is 7.61. The lowest BCUT2D eigenvalue weighted by Gasteiger charge is -2.25. The molecule has 21 heavy (non-hydrogen) atoms. The number of carbonyl (C=O) groups excluding carboxylic acids is 1. The SMILES string of the molecule is Cc1ncc(CNC2CCCC2NC(=O)OC(C)(C)C)s1. The Balaban J connectivity index is 1.81. The topological polar surface area (TPSA) is 63.2 Å². The van der Waals surface area contributed by atoms with Gasteiger partial charge in [-0.05, 0) is 47.0 Å². The van der Waals surface area contributed by atoms with Crippen LogP contribution in [0.2, 0.25) is 0 Å². The fourth-order valence-electron chi connectivity index (χ4n) is 2.55. The fourth-order valence-corrected chi connectivity index (χ4v) is 3.30. The maximum absolute atomic E-state index is 11.9. The van der Waals surface area contributed by atoms with E-state index >= 15 is 0 Å². The standard InChI is InChI=1S/C15H25N3O2S/c1-10-16-8-11(21-10)9-17-12-6-5-7-13(12)18-14(19)20-15(2,3)4/h8,12-13,17H,5-7,9H2,1-4H3,(H,18,19). The van der Waals surface area contributed by atoms with Gasteiger partial charge in [-0.1, -0.05) is 0 Å². The maximum Gasteiger partial charge on any atom is 0.407 e. The number of ether oxygens (including phenoxy) is 1. The van der Waals surface area contributed by atoms with Crippen LogP contribution in [0.15, 0.2) is 6.20 Å². The number of alkyl carbamates (subject to hydrolysis) is 1. The minimum Gasteiger partial charge on any atom is -0.444 e. The van der Waals surface area contributed by atoms with Gasteiger partial charge in [0.1, 0.15) is 5.60 Å². The third-order valence-electron chi connectivity index (χ3n) is 3.43. The first kappa shape index (κ1) is 16.2. The zero-order valence-corrected chi connectivity index (χ0v) is 14.0. The van der Waals surface area contributed by atoms with E-state index in [1.165, 1.54) is 4.88 Å². The molecule has 0 saturated heterocycles. The molecule has 2 rings (SSSR count). The summed E-state index contributed by atoms with van der Waals surface area (Å²) in [5.74, 6) is 0. The number of thiazole rings is 1. The number of amides is 1. The van der Waals surface area contributed by atoms with Gasteiger partial charge in [0.05, 0.1) is 5.01 Å². The van der Waals surface area contributed by atoms with Crippen molar-refractivity contribution in [2.75, 3.05) is 0 Å². The Bertz CT molecular complexity index is 482. The van der Waals surface area contributed by atoms with Gasteiger partial charge in [-0.2, -0.15) is 0 Å². The smallest absolute Gasteiger partial charge is 0.407 e. The zero-order valence-electron chi connectivity index (χ0n) is 13.2. The van der Waals surface area contributed by atoms with E-state index in [4.69, 9.17) is 4.74 Å². The Morgan fingerprint density at radius 3 is 2.76 bits per heavy atom. The van der Waals surface area contributed by atoms with Gasteiger partial charge in [0.15, 0.2) is 0 Å². The van der Waals surface area contributed by atoms with Gasteiger partial charge < -0.3 is 15.4 Å². The fraction of sp³-hybridized carbons (Fsp3) is 0.733. The second-order valence-corrected chi connectivity index (χ2v) is 7.84. The number of hydrogen-bond donors (Lipinski definition) is 2. The summed E-state index contributed by atoms with van der Waals surface area (Å²) < 4.78 is 5.33. The second-order valence-electron chi connectivity index (χ2n) is 6.52. The monoisotopic (exact) mass is 311 g/mol. The van der Waals surface area contributed by atoms with Crippen LogP contribution >= 0.6 is 11.3 Å². The van der Waals surface area contributed by atoms with Crippen molar-refractivity contribution < 1.29 is 9.53 Å². The van der Waals surface area contributed by atoms with E-state index in [2.05, 4.69) is 15.6 Å². The van der Waals surface area contributed by atoms with Crippen LogP contribution in [0.25, 0.3) is 0 Å². The van der Waals surface area contributed by atoms with E-state index in [9.17, 15) is 4.79 Å². The molecule has 0 bridgehead atoms. The molecule has 0 aliphatic heterocycles. The van der Waals surface area contributed by atoms with Gasteiger partial charge in [0.25, 0.3) is 0 Å². The van der Waals surface area contributed by atoms with E-state index in [0.29, 0.717) is 6.04 Å². The molecule has 1 heterocycles. The van der Waals surface area contributed by atoms with Crippen molar-refractivity contribution in [3.05, 3.63) is 16.1 Å². The van der Waals surface area contributed by atoms with Crippen LogP contribution in [0, 0.1) is 6.92 Å². The van der Waals surface area contributed by atoms with Gasteiger partial charge in [-0.25, -0.2) is 9.78 Å². The van der Waals surface area contributed by atoms with Crippen molar-refractivity contribution in [2.45, 2.75) is 71.2 Å². The zero-order chi connectivity index (χ0) is 15.5. The molecular formula is C15H25N3O2S. The first-order valence-electron chi connectivity index (χ1n) is 7.48. The Labute approximate surface area is 130 Å². The van der Waals surface area contributed by atoms with Crippen molar-refractivity contribution in [3.8, 4) is 0 Å². The largest absolute Gasteiger partial charge is 0.444 e. The highest BCUT2D eigenvalue weighted by molar-refractivity contribution is 7.11. The van der Waals surface area contributed by atoms with Gasteiger partial charge in [-0.3, -0.25) is 0 Å². The molecule has 2 atom stereocenters. The Kier molecular flexibility index (Phi) is 5.22. The number of aromatic nitrogens is 1. The van der Waals surface area contributed by atoms with Crippen molar-refractivity contribution in [3.63, 3.8) is 0 Å². The molecule has 1 amide bonds. The average Bonchev–Trinajstić information content (AvgIpc) is 2.93. The Hall–Kier alpha value is -1.14. The summed E-state index contributed by atoms with van der Waals surface area (Å²) in [6.45, 7) is 8.45. The highest BCUT2D eigenvalue weighted by Gasteiger charge is 2.29. The third kappa shape index (κ3) is 5.28. The first-order chi connectivity index (χ1) is 9.83. The summed E-state index contributed by atoms with van der Waals surface area (Å²) in [4.78, 5) is 17.4. The number of nitrogens with zero attached hydrogens (tertiary/aromatic N) is 1. The molecule has 6 heteroatoms. The highest BCUT2D eigenvalue weighted by Crippen LogP contribution is 2.21. The summed E-state index contributed by atoms with van der Waals surface area (Å²) in [6, 6.07) is 0.453. The minimum absolute atomic E-state index is 0.147. The van der Waals surface area contributed by atoms with Crippen molar-refractivity contribution in [1.82, 2.24) is 15.6 Å². The highest BCUT2D eigenvalue weighted by atomic mass is 32.1. The van der Waals surface area contributed by atoms with Gasteiger partial charge >= 0.3 is 6.09 Å². The lowest BCUT2D eigenvalue weighted by Crippen LogP contribution is -2.47. The molecule has 2 N–H and O–H groups in total. The van der Waals surface area contributed by atoms with Crippen LogP contribution < -0.4 is 10.6 Å². The van der Waals surface area contributed by atoms with Crippen LogP contribution in [-0.4, -0.2) is 28.8 Å². The molecule has 1 aromatic heterocycles. The predicted octanol–water partition coefficient (Wildman–Crippen LogP) is 2.99. The minimum atomic E-state index is -0.453. The van der Waals surface area contributed by atoms with Crippen molar-refractivity contribution in [2.24, 2.45) is 0 Å². The molecule has 0 aromatic carbocycles. The molecule has 1 aliphatic carbocycles. The Morgan fingerprint density at radius 2 is 2.14 bits per heavy atom. The van der Waals surface area contributed by atoms with Crippen LogP contribution in [0.1, 0.15) is 49.9 Å². The molecule has 1 saturated carbocycles. The predicted molar refractivity (Wildman–Crippen MR) is 84.5 cm³/mol. The van der Waals surface area contributed by atoms with E-state index in [0.717, 1.165) is 30.8 Å². The van der Waals surface area contributed by atoms with Gasteiger partial charge in [0, 0.05) is 29.7 Å². The molecule has 118 valence electrons. The summed E-state index contributed by atoms with van der Waals surface area (Å²) >= 11 is 1.71. The second kappa shape index (κ2) is 6.75. The van der Waals surface area contributed by atoms with E-state index in [1.807, 2.05) is 33.9 Å². The summed E-state index contributed by atoms with van der Waals surface area (Å²) in [6.07, 6.45) is 4.80. The molecule has 5 nitrogen and oxygen atoms in total. The normalized spacial score (nSPS) is 22.3.